The third-order valence-electron chi connectivity index (χ3n) is 3.66. The maximum atomic E-state index is 5.89. The Labute approximate surface area is 129 Å². The van der Waals surface area contributed by atoms with Crippen molar-refractivity contribution in [2.24, 2.45) is 5.73 Å². The molecule has 1 aliphatic heterocycles. The number of nitrogens with zero attached hydrogens (tertiary/aromatic N) is 3. The van der Waals surface area contributed by atoms with Crippen LogP contribution in [-0.2, 0) is 11.3 Å². The summed E-state index contributed by atoms with van der Waals surface area (Å²) in [6, 6.07) is 7.93. The molecule has 2 N–H and O–H groups in total. The molecular weight excluding hydrogens is 288 g/mol. The van der Waals surface area contributed by atoms with Gasteiger partial charge in [-0.3, -0.25) is 4.90 Å². The molecule has 0 bridgehead atoms. The van der Waals surface area contributed by atoms with Crippen LogP contribution < -0.4 is 5.73 Å². The molecule has 1 aliphatic rings. The number of rotatable bonds is 4. The van der Waals surface area contributed by atoms with Gasteiger partial charge in [0, 0.05) is 44.3 Å². The van der Waals surface area contributed by atoms with Gasteiger partial charge in [0.2, 0.25) is 0 Å². The Balaban J connectivity index is 1.75. The summed E-state index contributed by atoms with van der Waals surface area (Å²) in [4.78, 5) is 6.74. The zero-order chi connectivity index (χ0) is 14.7. The van der Waals surface area contributed by atoms with Crippen molar-refractivity contribution >= 4 is 11.6 Å². The summed E-state index contributed by atoms with van der Waals surface area (Å²) in [6.07, 6.45) is 3.82. The summed E-state index contributed by atoms with van der Waals surface area (Å²) in [5, 5.41) is 0.645. The van der Waals surface area contributed by atoms with Gasteiger partial charge in [0.05, 0.1) is 17.7 Å². The van der Waals surface area contributed by atoms with E-state index in [0.29, 0.717) is 11.6 Å². The summed E-state index contributed by atoms with van der Waals surface area (Å²) < 4.78 is 7.69. The monoisotopic (exact) mass is 306 g/mol. The highest BCUT2D eigenvalue weighted by Gasteiger charge is 2.20. The van der Waals surface area contributed by atoms with Gasteiger partial charge in [-0.25, -0.2) is 4.98 Å². The van der Waals surface area contributed by atoms with Crippen LogP contribution >= 0.6 is 11.6 Å². The van der Waals surface area contributed by atoms with Crippen LogP contribution in [0.15, 0.2) is 36.7 Å². The quantitative estimate of drug-likeness (QED) is 0.934. The molecular formula is C15H19ClN4O. The Morgan fingerprint density at radius 3 is 3.05 bits per heavy atom. The van der Waals surface area contributed by atoms with Gasteiger partial charge in [0.1, 0.15) is 5.82 Å². The third kappa shape index (κ3) is 3.44. The van der Waals surface area contributed by atoms with Crippen molar-refractivity contribution < 1.29 is 4.74 Å². The molecule has 1 saturated heterocycles. The number of aromatic nitrogens is 2. The molecule has 2 aromatic rings. The Kier molecular flexibility index (Phi) is 4.55. The van der Waals surface area contributed by atoms with Crippen LogP contribution in [0.1, 0.15) is 5.69 Å². The predicted octanol–water partition coefficient (Wildman–Crippen LogP) is 1.69. The molecule has 0 spiro atoms. The molecule has 0 radical (unpaired) electrons. The topological polar surface area (TPSA) is 56.3 Å². The number of morpholine rings is 1. The van der Waals surface area contributed by atoms with Gasteiger partial charge in [-0.2, -0.15) is 0 Å². The lowest BCUT2D eigenvalue weighted by molar-refractivity contribution is -0.0265. The molecule has 0 aromatic carbocycles. The van der Waals surface area contributed by atoms with Gasteiger partial charge >= 0.3 is 0 Å². The first-order valence-corrected chi connectivity index (χ1v) is 7.46. The van der Waals surface area contributed by atoms with Gasteiger partial charge in [-0.05, 0) is 24.3 Å². The van der Waals surface area contributed by atoms with E-state index in [9.17, 15) is 0 Å². The lowest BCUT2D eigenvalue weighted by atomic mass is 10.2. The SMILES string of the molecule is NCC1CN(Cc2cccn2-c2ccc(Cl)cn2)CCO1. The molecule has 0 amide bonds. The first-order chi connectivity index (χ1) is 10.3. The smallest absolute Gasteiger partial charge is 0.136 e. The summed E-state index contributed by atoms with van der Waals surface area (Å²) in [5.41, 5.74) is 6.89. The molecule has 1 fully saturated rings. The lowest BCUT2D eigenvalue weighted by Crippen LogP contribution is -2.45. The largest absolute Gasteiger partial charge is 0.374 e. The summed E-state index contributed by atoms with van der Waals surface area (Å²) in [5.74, 6) is 0.878. The average Bonchev–Trinajstić information content (AvgIpc) is 2.96. The van der Waals surface area contributed by atoms with E-state index in [1.54, 1.807) is 6.20 Å². The third-order valence-corrected chi connectivity index (χ3v) is 3.89. The minimum atomic E-state index is 0.135. The number of nitrogens with two attached hydrogens (primary N) is 1. The molecule has 0 saturated carbocycles. The van der Waals surface area contributed by atoms with Crippen LogP contribution in [0.2, 0.25) is 5.02 Å². The van der Waals surface area contributed by atoms with Crippen molar-refractivity contribution in [3.8, 4) is 5.82 Å². The van der Waals surface area contributed by atoms with Gasteiger partial charge in [0.25, 0.3) is 0 Å². The highest BCUT2D eigenvalue weighted by atomic mass is 35.5. The first kappa shape index (κ1) is 14.5. The molecule has 3 rings (SSSR count). The van der Waals surface area contributed by atoms with E-state index < -0.39 is 0 Å². The number of pyridine rings is 1. The highest BCUT2D eigenvalue weighted by molar-refractivity contribution is 6.30. The molecule has 3 heterocycles. The summed E-state index contributed by atoms with van der Waals surface area (Å²) in [7, 11) is 0. The van der Waals surface area contributed by atoms with E-state index in [1.165, 1.54) is 5.69 Å². The van der Waals surface area contributed by atoms with Crippen molar-refractivity contribution in [3.63, 3.8) is 0 Å². The van der Waals surface area contributed by atoms with E-state index in [-0.39, 0.29) is 6.10 Å². The number of hydrogen-bond donors (Lipinski definition) is 1. The van der Waals surface area contributed by atoms with Crippen LogP contribution in [0.25, 0.3) is 5.82 Å². The van der Waals surface area contributed by atoms with Gasteiger partial charge in [0.15, 0.2) is 0 Å². The maximum Gasteiger partial charge on any atom is 0.136 e. The average molecular weight is 307 g/mol. The second kappa shape index (κ2) is 6.58. The van der Waals surface area contributed by atoms with Crippen LogP contribution in [-0.4, -0.2) is 46.8 Å². The van der Waals surface area contributed by atoms with Gasteiger partial charge in [-0.15, -0.1) is 0 Å². The molecule has 21 heavy (non-hydrogen) atoms. The van der Waals surface area contributed by atoms with Crippen molar-refractivity contribution in [3.05, 3.63) is 47.4 Å². The normalized spacial score (nSPS) is 19.8. The number of hydrogen-bond acceptors (Lipinski definition) is 4. The van der Waals surface area contributed by atoms with Crippen molar-refractivity contribution in [2.75, 3.05) is 26.2 Å². The number of ether oxygens (including phenoxy) is 1. The Bertz CT molecular complexity index is 584. The zero-order valence-corrected chi connectivity index (χ0v) is 12.5. The second-order valence-electron chi connectivity index (χ2n) is 5.17. The molecule has 0 aliphatic carbocycles. The molecule has 112 valence electrons. The van der Waals surface area contributed by atoms with E-state index in [0.717, 1.165) is 32.1 Å². The van der Waals surface area contributed by atoms with Crippen LogP contribution in [0, 0.1) is 0 Å². The lowest BCUT2D eigenvalue weighted by Gasteiger charge is -2.32. The van der Waals surface area contributed by atoms with Crippen molar-refractivity contribution in [1.82, 2.24) is 14.5 Å². The van der Waals surface area contributed by atoms with Crippen LogP contribution in [0.3, 0.4) is 0 Å². The van der Waals surface area contributed by atoms with Crippen molar-refractivity contribution in [2.45, 2.75) is 12.6 Å². The Morgan fingerprint density at radius 1 is 1.38 bits per heavy atom. The molecule has 1 atom stereocenters. The fourth-order valence-electron chi connectivity index (χ4n) is 2.57. The fraction of sp³-hybridized carbons (Fsp3) is 0.400. The highest BCUT2D eigenvalue weighted by Crippen LogP contribution is 2.16. The Hall–Kier alpha value is -1.40. The summed E-state index contributed by atoms with van der Waals surface area (Å²) in [6.45, 7) is 3.96. The van der Waals surface area contributed by atoms with Gasteiger partial charge < -0.3 is 15.0 Å². The minimum Gasteiger partial charge on any atom is -0.374 e. The number of halogens is 1. The minimum absolute atomic E-state index is 0.135. The fourth-order valence-corrected chi connectivity index (χ4v) is 2.69. The molecule has 6 heteroatoms. The van der Waals surface area contributed by atoms with E-state index >= 15 is 0 Å². The van der Waals surface area contributed by atoms with Crippen molar-refractivity contribution in [1.29, 1.82) is 0 Å². The van der Waals surface area contributed by atoms with E-state index in [1.807, 2.05) is 24.4 Å². The second-order valence-corrected chi connectivity index (χ2v) is 5.60. The van der Waals surface area contributed by atoms with Gasteiger partial charge in [-0.1, -0.05) is 11.6 Å². The zero-order valence-electron chi connectivity index (χ0n) is 11.8. The standard InChI is InChI=1S/C15H19ClN4O/c16-12-3-4-15(18-9-12)20-5-1-2-13(20)10-19-6-7-21-14(8-17)11-19/h1-5,9,14H,6-8,10-11,17H2. The van der Waals surface area contributed by atoms with E-state index in [4.69, 9.17) is 22.1 Å². The molecule has 5 nitrogen and oxygen atoms in total. The maximum absolute atomic E-state index is 5.89. The molecule has 1 unspecified atom stereocenters. The predicted molar refractivity (Wildman–Crippen MR) is 82.6 cm³/mol. The Morgan fingerprint density at radius 2 is 2.29 bits per heavy atom. The molecule has 2 aromatic heterocycles. The first-order valence-electron chi connectivity index (χ1n) is 7.08. The summed E-state index contributed by atoms with van der Waals surface area (Å²) >= 11 is 5.89. The van der Waals surface area contributed by atoms with Crippen LogP contribution in [0.4, 0.5) is 0 Å². The van der Waals surface area contributed by atoms with E-state index in [2.05, 4.69) is 20.5 Å². The van der Waals surface area contributed by atoms with Crippen LogP contribution in [0.5, 0.6) is 0 Å².